The highest BCUT2D eigenvalue weighted by molar-refractivity contribution is 7.80. The summed E-state index contributed by atoms with van der Waals surface area (Å²) in [5, 5.41) is 7.64. The molecule has 1 amide bonds. The largest absolute Gasteiger partial charge is 0.484 e. The van der Waals surface area contributed by atoms with Crippen LogP contribution in [0, 0.1) is 0 Å². The van der Waals surface area contributed by atoms with Gasteiger partial charge in [0.05, 0.1) is 23.3 Å². The first-order valence-corrected chi connectivity index (χ1v) is 15.3. The van der Waals surface area contributed by atoms with Crippen molar-refractivity contribution in [2.24, 2.45) is 0 Å². The van der Waals surface area contributed by atoms with Crippen LogP contribution in [0.3, 0.4) is 0 Å². The molecule has 44 heavy (non-hydrogen) atoms. The van der Waals surface area contributed by atoms with Crippen molar-refractivity contribution in [2.75, 3.05) is 28.8 Å². The molecule has 6 rings (SSSR count). The van der Waals surface area contributed by atoms with E-state index in [0.29, 0.717) is 21.6 Å². The number of nitrogens with zero attached hydrogens (tertiary/aromatic N) is 3. The molecule has 9 heteroatoms. The minimum atomic E-state index is -0.275. The van der Waals surface area contributed by atoms with Crippen LogP contribution in [0.15, 0.2) is 97.2 Å². The summed E-state index contributed by atoms with van der Waals surface area (Å²) in [6, 6.07) is 26.5. The monoisotopic (exact) mass is 623 g/mol. The van der Waals surface area contributed by atoms with Gasteiger partial charge in [0.2, 0.25) is 0 Å². The molecule has 1 saturated heterocycles. The Morgan fingerprint density at radius 2 is 1.80 bits per heavy atom. The van der Waals surface area contributed by atoms with Crippen LogP contribution in [-0.2, 0) is 4.79 Å². The number of amides is 1. The lowest BCUT2D eigenvalue weighted by atomic mass is 9.86. The van der Waals surface area contributed by atoms with Crippen molar-refractivity contribution in [1.29, 1.82) is 0 Å². The summed E-state index contributed by atoms with van der Waals surface area (Å²) in [7, 11) is 2.10. The van der Waals surface area contributed by atoms with Gasteiger partial charge >= 0.3 is 0 Å². The Labute approximate surface area is 268 Å². The Balaban J connectivity index is 1.32. The van der Waals surface area contributed by atoms with Crippen LogP contribution < -0.4 is 25.2 Å². The fraction of sp³-hybridized carbons (Fsp3) is 0.229. The molecule has 4 aromatic rings. The zero-order valence-electron chi connectivity index (χ0n) is 25.0. The van der Waals surface area contributed by atoms with Crippen LogP contribution in [-0.4, -0.2) is 35.2 Å². The number of anilines is 3. The molecule has 2 N–H and O–H groups in total. The van der Waals surface area contributed by atoms with Gasteiger partial charge in [0.1, 0.15) is 5.75 Å². The molecule has 0 bridgehead atoms. The Morgan fingerprint density at radius 3 is 2.50 bits per heavy atom. The fourth-order valence-corrected chi connectivity index (χ4v) is 6.55. The van der Waals surface area contributed by atoms with Crippen molar-refractivity contribution < 1.29 is 9.53 Å². The number of thiocarbonyl (C=S) groups is 1. The number of allylic oxidation sites excluding steroid dienone is 1. The molecule has 2 aliphatic rings. The molecule has 1 aromatic heterocycles. The van der Waals surface area contributed by atoms with Crippen LogP contribution >= 0.6 is 23.8 Å². The Bertz CT molecular complexity index is 1730. The number of ether oxygens (including phenoxy) is 1. The van der Waals surface area contributed by atoms with Gasteiger partial charge in [-0.25, -0.2) is 0 Å². The number of hydrogen-bond donors (Lipinski definition) is 2. The van der Waals surface area contributed by atoms with E-state index in [1.54, 1.807) is 6.20 Å². The van der Waals surface area contributed by atoms with Gasteiger partial charge in [-0.1, -0.05) is 41.9 Å². The van der Waals surface area contributed by atoms with Gasteiger partial charge in [-0.05, 0) is 105 Å². The van der Waals surface area contributed by atoms with Gasteiger partial charge in [-0.15, -0.1) is 0 Å². The number of carbonyl (C=O) groups excluding carboxylic acids is 1. The molecule has 0 radical (unpaired) electrons. The molecule has 0 saturated carbocycles. The summed E-state index contributed by atoms with van der Waals surface area (Å²) < 4.78 is 5.58. The van der Waals surface area contributed by atoms with E-state index in [1.807, 2.05) is 72.8 Å². The van der Waals surface area contributed by atoms with Crippen LogP contribution in [0.1, 0.15) is 49.7 Å². The summed E-state index contributed by atoms with van der Waals surface area (Å²) in [5.41, 5.74) is 6.63. The topological polar surface area (TPSA) is 69.7 Å². The van der Waals surface area contributed by atoms with Gasteiger partial charge < -0.3 is 25.2 Å². The zero-order chi connectivity index (χ0) is 31.0. The second-order valence-corrected chi connectivity index (χ2v) is 12.4. The highest BCUT2D eigenvalue weighted by Crippen LogP contribution is 2.48. The van der Waals surface area contributed by atoms with Crippen LogP contribution in [0.4, 0.5) is 17.1 Å². The third-order valence-corrected chi connectivity index (χ3v) is 8.94. The van der Waals surface area contributed by atoms with E-state index in [9.17, 15) is 4.79 Å². The second-order valence-electron chi connectivity index (χ2n) is 11.6. The van der Waals surface area contributed by atoms with Crippen LogP contribution in [0.25, 0.3) is 5.57 Å². The molecule has 1 fully saturated rings. The molecule has 224 valence electrons. The van der Waals surface area contributed by atoms with Crippen molar-refractivity contribution in [3.63, 3.8) is 0 Å². The number of pyridine rings is 1. The Kier molecular flexibility index (Phi) is 8.05. The molecule has 3 heterocycles. The van der Waals surface area contributed by atoms with Gasteiger partial charge in [0.25, 0.3) is 5.91 Å². The van der Waals surface area contributed by atoms with E-state index in [0.717, 1.165) is 28.2 Å². The molecule has 0 spiro atoms. The van der Waals surface area contributed by atoms with E-state index in [1.165, 1.54) is 5.57 Å². The Hall–Kier alpha value is -4.40. The molecule has 0 aliphatic carbocycles. The van der Waals surface area contributed by atoms with Crippen LogP contribution in [0.5, 0.6) is 5.75 Å². The van der Waals surface area contributed by atoms with Crippen molar-refractivity contribution in [3.8, 4) is 5.75 Å². The lowest BCUT2D eigenvalue weighted by molar-refractivity contribution is -0.118. The van der Waals surface area contributed by atoms with Crippen molar-refractivity contribution in [3.05, 3.63) is 119 Å². The molecule has 0 unspecified atom stereocenters. The predicted molar refractivity (Wildman–Crippen MR) is 183 cm³/mol. The summed E-state index contributed by atoms with van der Waals surface area (Å²) in [6.45, 7) is 6.45. The summed E-state index contributed by atoms with van der Waals surface area (Å²) in [4.78, 5) is 21.6. The highest BCUT2D eigenvalue weighted by atomic mass is 35.5. The first kappa shape index (κ1) is 29.7. The lowest BCUT2D eigenvalue weighted by Crippen LogP contribution is -2.42. The number of carbonyl (C=O) groups is 1. The first-order chi connectivity index (χ1) is 21.1. The van der Waals surface area contributed by atoms with E-state index in [2.05, 4.69) is 71.4 Å². The zero-order valence-corrected chi connectivity index (χ0v) is 26.6. The third kappa shape index (κ3) is 5.75. The number of halogens is 1. The predicted octanol–water partition coefficient (Wildman–Crippen LogP) is 7.56. The number of para-hydroxylation sites is 1. The fourth-order valence-electron chi connectivity index (χ4n) is 5.93. The third-order valence-electron chi connectivity index (χ3n) is 8.29. The lowest BCUT2D eigenvalue weighted by Gasteiger charge is -2.41. The molecule has 2 aliphatic heterocycles. The molecule has 7 nitrogen and oxygen atoms in total. The maximum absolute atomic E-state index is 12.6. The molecular weight excluding hydrogens is 590 g/mol. The van der Waals surface area contributed by atoms with E-state index in [4.69, 9.17) is 28.6 Å². The summed E-state index contributed by atoms with van der Waals surface area (Å²) in [6.07, 6.45) is 4.08. The van der Waals surface area contributed by atoms with E-state index >= 15 is 0 Å². The van der Waals surface area contributed by atoms with Crippen molar-refractivity contribution in [1.82, 2.24) is 10.3 Å². The number of nitrogens with one attached hydrogen (secondary N) is 2. The number of rotatable bonds is 7. The summed E-state index contributed by atoms with van der Waals surface area (Å²) in [5.74, 6) is 0.397. The van der Waals surface area contributed by atoms with Crippen molar-refractivity contribution in [2.45, 2.75) is 38.4 Å². The molecule has 2 atom stereocenters. The average Bonchev–Trinajstić information content (AvgIpc) is 3.36. The molecular formula is C35H34ClN5O2S. The maximum atomic E-state index is 12.6. The smallest absolute Gasteiger partial charge is 0.262 e. The quantitative estimate of drug-likeness (QED) is 0.206. The number of aromatic nitrogens is 1. The normalized spacial score (nSPS) is 18.8. The number of fused-ring (bicyclic) bond motifs is 1. The van der Waals surface area contributed by atoms with Gasteiger partial charge in [-0.2, -0.15) is 0 Å². The highest BCUT2D eigenvalue weighted by Gasteiger charge is 2.42. The number of benzene rings is 3. The van der Waals surface area contributed by atoms with Gasteiger partial charge in [0.15, 0.2) is 11.7 Å². The van der Waals surface area contributed by atoms with Gasteiger partial charge in [-0.3, -0.25) is 9.78 Å². The maximum Gasteiger partial charge on any atom is 0.262 e. The summed E-state index contributed by atoms with van der Waals surface area (Å²) >= 11 is 13.1. The standard InChI is InChI=1S/C35H34ClN5O2S/c1-22-20-35(2,3)40(4)30-19-28(36)27(18-26(22)30)33-32(29-12-8-9-17-37-29)39-34(44)41(33)24-15-13-23(14-16-24)38-31(42)21-43-25-10-6-5-7-11-25/h5-20,32-33H,21H2,1-4H3,(H,38,42)(H,39,44)/t32-,33-/m1/s1. The number of likely N-dealkylation sites (N-methyl/N-ethyl adjacent to an activating group) is 1. The van der Waals surface area contributed by atoms with Crippen LogP contribution in [0.2, 0.25) is 5.02 Å². The number of hydrogen-bond acceptors (Lipinski definition) is 5. The SMILES string of the molecule is CC1=CC(C)(C)N(C)c2cc(Cl)c([C@@H]3[C@@H](c4ccccn4)NC(=S)N3c3ccc(NC(=O)COc4ccccc4)cc3)cc21. The minimum absolute atomic E-state index is 0.0865. The Morgan fingerprint density at radius 1 is 1.07 bits per heavy atom. The average molecular weight is 624 g/mol. The van der Waals surface area contributed by atoms with Crippen molar-refractivity contribution >= 4 is 57.5 Å². The first-order valence-electron chi connectivity index (χ1n) is 14.5. The second kappa shape index (κ2) is 11.9. The van der Waals surface area contributed by atoms with E-state index < -0.39 is 0 Å². The minimum Gasteiger partial charge on any atom is -0.484 e. The molecule has 3 aromatic carbocycles. The van der Waals surface area contributed by atoms with E-state index in [-0.39, 0.29) is 30.1 Å². The van der Waals surface area contributed by atoms with Gasteiger partial charge in [0, 0.05) is 40.9 Å².